The molecule has 0 spiro atoms. The van der Waals surface area contributed by atoms with E-state index in [1.165, 1.54) is 0 Å². The molecule has 1 aliphatic heterocycles. The van der Waals surface area contributed by atoms with Crippen LogP contribution < -0.4 is 5.32 Å². The summed E-state index contributed by atoms with van der Waals surface area (Å²) in [4.78, 5) is 0. The van der Waals surface area contributed by atoms with Crippen molar-refractivity contribution in [2.24, 2.45) is 0 Å². The minimum absolute atomic E-state index is 0.176. The highest BCUT2D eigenvalue weighted by atomic mass is 19.1. The molecule has 1 heterocycles. The van der Waals surface area contributed by atoms with Gasteiger partial charge in [0.15, 0.2) is 5.67 Å². The van der Waals surface area contributed by atoms with Gasteiger partial charge in [-0.2, -0.15) is 0 Å². The Morgan fingerprint density at radius 2 is 2.47 bits per heavy atom. The molecule has 86 valence electrons. The van der Waals surface area contributed by atoms with Crippen LogP contribution in [0.3, 0.4) is 0 Å². The second-order valence-electron chi connectivity index (χ2n) is 4.10. The molecule has 0 aromatic heterocycles. The predicted octanol–water partition coefficient (Wildman–Crippen LogP) is 1.95. The van der Waals surface area contributed by atoms with Crippen molar-refractivity contribution < 1.29 is 9.50 Å². The minimum atomic E-state index is -1.66. The quantitative estimate of drug-likeness (QED) is 0.700. The first kappa shape index (κ1) is 12.4. The van der Waals surface area contributed by atoms with Gasteiger partial charge in [-0.1, -0.05) is 19.9 Å². The fourth-order valence-electron chi connectivity index (χ4n) is 1.96. The summed E-state index contributed by atoms with van der Waals surface area (Å²) in [6.07, 6.45) is 2.09. The molecule has 15 heavy (non-hydrogen) atoms. The Morgan fingerprint density at radius 3 is 3.00 bits per heavy atom. The number of halogens is 1. The molecular weight excluding hydrogens is 193 g/mol. The smallest absolute Gasteiger partial charge is 0.177 e. The third-order valence-electron chi connectivity index (χ3n) is 3.00. The number of rotatable bonds is 4. The lowest BCUT2D eigenvalue weighted by atomic mass is 9.83. The lowest BCUT2D eigenvalue weighted by Gasteiger charge is -2.36. The summed E-state index contributed by atoms with van der Waals surface area (Å²) in [5, 5.41) is 12.7. The van der Waals surface area contributed by atoms with Crippen LogP contribution in [0.2, 0.25) is 0 Å². The first-order valence-corrected chi connectivity index (χ1v) is 5.62. The summed E-state index contributed by atoms with van der Waals surface area (Å²) in [6, 6.07) is 0. The van der Waals surface area contributed by atoms with E-state index in [1.807, 2.05) is 0 Å². The maximum absolute atomic E-state index is 14.5. The van der Waals surface area contributed by atoms with Crippen LogP contribution in [0, 0.1) is 0 Å². The SMILES string of the molecule is C=C=C(CCCC)C1(F)CNCCC1O. The van der Waals surface area contributed by atoms with Crippen LogP contribution in [0.5, 0.6) is 0 Å². The van der Waals surface area contributed by atoms with Gasteiger partial charge < -0.3 is 10.4 Å². The van der Waals surface area contributed by atoms with Gasteiger partial charge in [0.05, 0.1) is 6.10 Å². The average Bonchev–Trinajstić information content (AvgIpc) is 2.24. The average molecular weight is 213 g/mol. The molecule has 0 aromatic carbocycles. The summed E-state index contributed by atoms with van der Waals surface area (Å²) in [5.41, 5.74) is 1.53. The van der Waals surface area contributed by atoms with Gasteiger partial charge in [0, 0.05) is 12.1 Å². The van der Waals surface area contributed by atoms with E-state index >= 15 is 0 Å². The number of hydrogen-bond donors (Lipinski definition) is 2. The molecule has 0 aromatic rings. The van der Waals surface area contributed by atoms with Crippen LogP contribution in [0.15, 0.2) is 17.9 Å². The zero-order chi connectivity index (χ0) is 11.3. The molecule has 0 saturated carbocycles. The van der Waals surface area contributed by atoms with Crippen LogP contribution in [-0.2, 0) is 0 Å². The predicted molar refractivity (Wildman–Crippen MR) is 59.5 cm³/mol. The zero-order valence-electron chi connectivity index (χ0n) is 9.35. The maximum atomic E-state index is 14.5. The van der Waals surface area contributed by atoms with Crippen molar-refractivity contribution in [3.63, 3.8) is 0 Å². The molecule has 1 rings (SSSR count). The van der Waals surface area contributed by atoms with Crippen molar-refractivity contribution in [2.45, 2.75) is 44.4 Å². The summed E-state index contributed by atoms with van der Waals surface area (Å²) >= 11 is 0. The van der Waals surface area contributed by atoms with Gasteiger partial charge in [0.25, 0.3) is 0 Å². The highest BCUT2D eigenvalue weighted by Crippen LogP contribution is 2.32. The molecule has 1 aliphatic rings. The molecule has 2 atom stereocenters. The maximum Gasteiger partial charge on any atom is 0.177 e. The molecule has 1 fully saturated rings. The molecule has 0 amide bonds. The number of hydrogen-bond acceptors (Lipinski definition) is 2. The van der Waals surface area contributed by atoms with Crippen LogP contribution in [-0.4, -0.2) is 30.0 Å². The normalized spacial score (nSPS) is 31.0. The molecule has 2 nitrogen and oxygen atoms in total. The second kappa shape index (κ2) is 5.45. The highest BCUT2D eigenvalue weighted by Gasteiger charge is 2.43. The lowest BCUT2D eigenvalue weighted by Crippen LogP contribution is -2.53. The molecule has 2 N–H and O–H groups in total. The number of alkyl halides is 1. The third-order valence-corrected chi connectivity index (χ3v) is 3.00. The standard InChI is InChI=1S/C12H20FNO/c1-3-5-6-10(4-2)12(13)9-14-8-7-11(12)15/h11,14-15H,2-3,5-9H2,1H3. The van der Waals surface area contributed by atoms with Crippen molar-refractivity contribution in [1.29, 1.82) is 0 Å². The summed E-state index contributed by atoms with van der Waals surface area (Å²) in [7, 11) is 0. The fraction of sp³-hybridized carbons (Fsp3) is 0.750. The largest absolute Gasteiger partial charge is 0.389 e. The number of aliphatic hydroxyl groups excluding tert-OH is 1. The molecular formula is C12H20FNO. The Balaban J connectivity index is 2.76. The van der Waals surface area contributed by atoms with Gasteiger partial charge in [-0.15, -0.1) is 5.73 Å². The van der Waals surface area contributed by atoms with Crippen molar-refractivity contribution in [2.75, 3.05) is 13.1 Å². The van der Waals surface area contributed by atoms with Gasteiger partial charge in [-0.05, 0) is 25.8 Å². The Kier molecular flexibility index (Phi) is 4.52. The monoisotopic (exact) mass is 213 g/mol. The molecule has 0 radical (unpaired) electrons. The van der Waals surface area contributed by atoms with Crippen molar-refractivity contribution in [1.82, 2.24) is 5.32 Å². The van der Waals surface area contributed by atoms with Gasteiger partial charge >= 0.3 is 0 Å². The van der Waals surface area contributed by atoms with E-state index in [9.17, 15) is 9.50 Å². The van der Waals surface area contributed by atoms with Crippen molar-refractivity contribution in [3.05, 3.63) is 17.9 Å². The molecule has 3 heteroatoms. The van der Waals surface area contributed by atoms with Crippen LogP contribution in [0.25, 0.3) is 0 Å². The molecule has 1 saturated heterocycles. The molecule has 2 unspecified atom stereocenters. The number of aliphatic hydroxyl groups is 1. The van der Waals surface area contributed by atoms with Gasteiger partial charge in [-0.25, -0.2) is 4.39 Å². The van der Waals surface area contributed by atoms with Gasteiger partial charge in [0.2, 0.25) is 0 Å². The Morgan fingerprint density at radius 1 is 1.73 bits per heavy atom. The fourth-order valence-corrected chi connectivity index (χ4v) is 1.96. The number of nitrogens with one attached hydrogen (secondary N) is 1. The summed E-state index contributed by atoms with van der Waals surface area (Å²) < 4.78 is 14.5. The van der Waals surface area contributed by atoms with E-state index in [2.05, 4.69) is 24.6 Å². The molecule has 0 bridgehead atoms. The lowest BCUT2D eigenvalue weighted by molar-refractivity contribution is -0.00649. The van der Waals surface area contributed by atoms with Crippen LogP contribution >= 0.6 is 0 Å². The second-order valence-corrected chi connectivity index (χ2v) is 4.10. The van der Waals surface area contributed by atoms with E-state index < -0.39 is 11.8 Å². The van der Waals surface area contributed by atoms with Crippen LogP contribution in [0.4, 0.5) is 4.39 Å². The number of unbranched alkanes of at least 4 members (excludes halogenated alkanes) is 1. The Bertz CT molecular complexity index is 260. The third kappa shape index (κ3) is 2.69. The zero-order valence-corrected chi connectivity index (χ0v) is 9.35. The number of piperidine rings is 1. The molecule has 0 aliphatic carbocycles. The minimum Gasteiger partial charge on any atom is -0.389 e. The van der Waals surface area contributed by atoms with E-state index in [0.717, 1.165) is 12.8 Å². The first-order valence-electron chi connectivity index (χ1n) is 5.62. The van der Waals surface area contributed by atoms with Gasteiger partial charge in [0.1, 0.15) is 0 Å². The van der Waals surface area contributed by atoms with Crippen molar-refractivity contribution >= 4 is 0 Å². The van der Waals surface area contributed by atoms with Crippen molar-refractivity contribution in [3.8, 4) is 0 Å². The highest BCUT2D eigenvalue weighted by molar-refractivity contribution is 5.20. The van der Waals surface area contributed by atoms with E-state index in [-0.39, 0.29) is 6.54 Å². The Hall–Kier alpha value is -0.630. The summed E-state index contributed by atoms with van der Waals surface area (Å²) in [6.45, 7) is 6.43. The first-order chi connectivity index (χ1) is 7.15. The van der Waals surface area contributed by atoms with E-state index in [4.69, 9.17) is 0 Å². The van der Waals surface area contributed by atoms with Gasteiger partial charge in [-0.3, -0.25) is 0 Å². The van der Waals surface area contributed by atoms with E-state index in [0.29, 0.717) is 25.0 Å². The Labute approximate surface area is 90.9 Å². The summed E-state index contributed by atoms with van der Waals surface area (Å²) in [5.74, 6) is 0. The topological polar surface area (TPSA) is 32.3 Å². The van der Waals surface area contributed by atoms with Crippen LogP contribution in [0.1, 0.15) is 32.6 Å². The van der Waals surface area contributed by atoms with E-state index in [1.54, 1.807) is 0 Å².